The van der Waals surface area contributed by atoms with Gasteiger partial charge in [-0.3, -0.25) is 0 Å². The van der Waals surface area contributed by atoms with Gasteiger partial charge >= 0.3 is 0 Å². The Hall–Kier alpha value is -0.260. The molecule has 0 aliphatic heterocycles. The number of hydrogen-bond acceptors (Lipinski definition) is 0. The van der Waals surface area contributed by atoms with Gasteiger partial charge in [-0.05, 0) is 48.9 Å². The average Bonchev–Trinajstić information content (AvgIpc) is 2.10. The molecule has 0 saturated heterocycles. The smallest absolute Gasteiger partial charge is 0.0124 e. The Bertz CT molecular complexity index is 247. The Kier molecular flexibility index (Phi) is 2.49. The van der Waals surface area contributed by atoms with Crippen LogP contribution in [0.25, 0.3) is 0 Å². The molecule has 80 valence electrons. The third-order valence-corrected chi connectivity index (χ3v) is 4.70. The highest BCUT2D eigenvalue weighted by Crippen LogP contribution is 2.51. The molecule has 0 aromatic rings. The predicted molar refractivity (Wildman–Crippen MR) is 62.2 cm³/mol. The largest absolute Gasteiger partial charge is 0.0847 e. The summed E-state index contributed by atoms with van der Waals surface area (Å²) in [6, 6.07) is 0. The minimum atomic E-state index is 0.554. The second kappa shape index (κ2) is 3.40. The van der Waals surface area contributed by atoms with E-state index < -0.39 is 0 Å². The van der Waals surface area contributed by atoms with Gasteiger partial charge in [-0.1, -0.05) is 39.3 Å². The first-order chi connectivity index (χ1) is 6.52. The Morgan fingerprint density at radius 2 is 2.00 bits per heavy atom. The molecule has 2 rings (SSSR count). The van der Waals surface area contributed by atoms with E-state index in [2.05, 4.69) is 33.8 Å². The highest BCUT2D eigenvalue weighted by molar-refractivity contribution is 5.18. The number of rotatable bonds is 0. The van der Waals surface area contributed by atoms with Crippen LogP contribution in [0.5, 0.6) is 0 Å². The van der Waals surface area contributed by atoms with Gasteiger partial charge in [0.05, 0.1) is 0 Å². The Morgan fingerprint density at radius 1 is 1.29 bits per heavy atom. The summed E-state index contributed by atoms with van der Waals surface area (Å²) in [6.07, 6.45) is 8.09. The van der Waals surface area contributed by atoms with Crippen molar-refractivity contribution in [3.63, 3.8) is 0 Å². The molecule has 1 fully saturated rings. The summed E-state index contributed by atoms with van der Waals surface area (Å²) >= 11 is 0. The third kappa shape index (κ3) is 1.53. The lowest BCUT2D eigenvalue weighted by atomic mass is 9.57. The van der Waals surface area contributed by atoms with Gasteiger partial charge in [0.1, 0.15) is 0 Å². The van der Waals surface area contributed by atoms with Crippen LogP contribution in [0.2, 0.25) is 0 Å². The molecule has 0 heterocycles. The van der Waals surface area contributed by atoms with Gasteiger partial charge in [0, 0.05) is 0 Å². The molecule has 0 N–H and O–H groups in total. The van der Waals surface area contributed by atoms with Crippen LogP contribution < -0.4 is 0 Å². The predicted octanol–water partition coefficient (Wildman–Crippen LogP) is 4.42. The summed E-state index contributed by atoms with van der Waals surface area (Å²) in [5, 5.41) is 0. The summed E-state index contributed by atoms with van der Waals surface area (Å²) in [6.45, 7) is 9.83. The average molecular weight is 192 g/mol. The van der Waals surface area contributed by atoms with Gasteiger partial charge in [0.25, 0.3) is 0 Å². The highest BCUT2D eigenvalue weighted by Gasteiger charge is 2.41. The van der Waals surface area contributed by atoms with Gasteiger partial charge in [-0.25, -0.2) is 0 Å². The molecule has 2 aliphatic rings. The Labute approximate surface area is 88.8 Å². The van der Waals surface area contributed by atoms with Crippen molar-refractivity contribution < 1.29 is 0 Å². The first-order valence-electron chi connectivity index (χ1n) is 6.21. The van der Waals surface area contributed by atoms with Gasteiger partial charge in [0.15, 0.2) is 0 Å². The Balaban J connectivity index is 2.31. The van der Waals surface area contributed by atoms with Crippen LogP contribution in [-0.2, 0) is 0 Å². The van der Waals surface area contributed by atoms with E-state index in [-0.39, 0.29) is 0 Å². The van der Waals surface area contributed by atoms with Crippen LogP contribution in [0, 0.1) is 23.2 Å². The lowest BCUT2D eigenvalue weighted by Crippen LogP contribution is -2.38. The van der Waals surface area contributed by atoms with E-state index in [1.54, 1.807) is 5.57 Å². The van der Waals surface area contributed by atoms with Crippen molar-refractivity contribution in [2.45, 2.75) is 53.4 Å². The van der Waals surface area contributed by atoms with Gasteiger partial charge in [0.2, 0.25) is 0 Å². The number of allylic oxidation sites excluding steroid dienone is 2. The van der Waals surface area contributed by atoms with Crippen LogP contribution in [0.3, 0.4) is 0 Å². The zero-order chi connectivity index (χ0) is 10.3. The molecular weight excluding hydrogens is 168 g/mol. The summed E-state index contributed by atoms with van der Waals surface area (Å²) < 4.78 is 0. The van der Waals surface area contributed by atoms with Crippen molar-refractivity contribution >= 4 is 0 Å². The van der Waals surface area contributed by atoms with E-state index in [4.69, 9.17) is 0 Å². The van der Waals surface area contributed by atoms with Crippen LogP contribution in [-0.4, -0.2) is 0 Å². The maximum Gasteiger partial charge on any atom is -0.0124 e. The molecule has 1 saturated carbocycles. The van der Waals surface area contributed by atoms with Crippen LogP contribution in [0.1, 0.15) is 53.4 Å². The van der Waals surface area contributed by atoms with E-state index in [9.17, 15) is 0 Å². The standard InChI is InChI=1S/C14H24/c1-10-7-8-12-6-5-9-14(3,4)13(12)11(10)2/h8,10-11,13H,5-7,9H2,1-4H3/t10-,11?,13?/m0/s1. The van der Waals surface area contributed by atoms with Gasteiger partial charge < -0.3 is 0 Å². The summed E-state index contributed by atoms with van der Waals surface area (Å²) in [7, 11) is 0. The van der Waals surface area contributed by atoms with Crippen LogP contribution in [0.15, 0.2) is 11.6 Å². The third-order valence-electron chi connectivity index (χ3n) is 4.70. The van der Waals surface area contributed by atoms with Crippen molar-refractivity contribution in [2.75, 3.05) is 0 Å². The molecule has 14 heavy (non-hydrogen) atoms. The summed E-state index contributed by atoms with van der Waals surface area (Å²) in [5.74, 6) is 2.66. The molecule has 3 atom stereocenters. The fourth-order valence-electron chi connectivity index (χ4n) is 3.72. The van der Waals surface area contributed by atoms with Crippen molar-refractivity contribution in [3.8, 4) is 0 Å². The van der Waals surface area contributed by atoms with E-state index in [0.717, 1.165) is 17.8 Å². The van der Waals surface area contributed by atoms with E-state index in [0.29, 0.717) is 5.41 Å². The Morgan fingerprint density at radius 3 is 2.71 bits per heavy atom. The maximum atomic E-state index is 2.55. The van der Waals surface area contributed by atoms with Crippen molar-refractivity contribution in [2.24, 2.45) is 23.2 Å². The first-order valence-corrected chi connectivity index (χ1v) is 6.21. The molecule has 2 unspecified atom stereocenters. The van der Waals surface area contributed by atoms with Gasteiger partial charge in [-0.2, -0.15) is 0 Å². The minimum absolute atomic E-state index is 0.554. The normalized spacial score (nSPS) is 41.4. The molecule has 2 aliphatic carbocycles. The monoisotopic (exact) mass is 192 g/mol. The van der Waals surface area contributed by atoms with E-state index in [1.165, 1.54) is 25.7 Å². The second-order valence-electron chi connectivity index (χ2n) is 6.17. The molecular formula is C14H24. The molecule has 0 nitrogen and oxygen atoms in total. The van der Waals surface area contributed by atoms with Crippen LogP contribution in [0.4, 0.5) is 0 Å². The van der Waals surface area contributed by atoms with Crippen molar-refractivity contribution in [1.29, 1.82) is 0 Å². The number of fused-ring (bicyclic) bond motifs is 1. The SMILES string of the molecule is CC1C2C(=CC[C@@H]1C)CCCC2(C)C. The first kappa shape index (κ1) is 10.3. The molecule has 0 amide bonds. The molecule has 0 aromatic carbocycles. The quantitative estimate of drug-likeness (QED) is 0.499. The highest BCUT2D eigenvalue weighted by atomic mass is 14.5. The molecule has 0 radical (unpaired) electrons. The molecule has 0 spiro atoms. The fourth-order valence-corrected chi connectivity index (χ4v) is 3.72. The summed E-state index contributed by atoms with van der Waals surface area (Å²) in [5.41, 5.74) is 2.34. The second-order valence-corrected chi connectivity index (χ2v) is 6.17. The lowest BCUT2D eigenvalue weighted by Gasteiger charge is -2.48. The topological polar surface area (TPSA) is 0 Å². The zero-order valence-corrected chi connectivity index (χ0v) is 10.1. The van der Waals surface area contributed by atoms with E-state index in [1.807, 2.05) is 0 Å². The number of hydrogen-bond donors (Lipinski definition) is 0. The minimum Gasteiger partial charge on any atom is -0.0847 e. The molecule has 0 bridgehead atoms. The lowest BCUT2D eigenvalue weighted by molar-refractivity contribution is 0.0980. The van der Waals surface area contributed by atoms with E-state index >= 15 is 0 Å². The zero-order valence-electron chi connectivity index (χ0n) is 10.1. The van der Waals surface area contributed by atoms with Crippen molar-refractivity contribution in [3.05, 3.63) is 11.6 Å². The maximum absolute atomic E-state index is 2.55. The summed E-state index contributed by atoms with van der Waals surface area (Å²) in [4.78, 5) is 0. The van der Waals surface area contributed by atoms with Crippen LogP contribution >= 0.6 is 0 Å². The fraction of sp³-hybridized carbons (Fsp3) is 0.857. The van der Waals surface area contributed by atoms with Crippen molar-refractivity contribution in [1.82, 2.24) is 0 Å². The molecule has 0 heteroatoms. The molecule has 0 aromatic heterocycles. The van der Waals surface area contributed by atoms with Gasteiger partial charge in [-0.15, -0.1) is 0 Å².